The quantitative estimate of drug-likeness (QED) is 0.691. The highest BCUT2D eigenvalue weighted by molar-refractivity contribution is 9.10. The number of hydrogen-bond donors (Lipinski definition) is 1. The zero-order chi connectivity index (χ0) is 15.7. The standard InChI is InChI=1S/C15H11BrClN3O2/c1-2-22-15(21)14-13(11-3-4-18-7-19-11)8-5-10(17)9(16)6-12(8)20-14/h3-7,20H,2H2,1H3. The van der Waals surface area contributed by atoms with Crippen molar-refractivity contribution in [1.82, 2.24) is 15.0 Å². The molecule has 0 fully saturated rings. The molecule has 5 nitrogen and oxygen atoms in total. The number of carbonyl (C=O) groups excluding carboxylic acids is 1. The van der Waals surface area contributed by atoms with Gasteiger partial charge in [-0.05, 0) is 41.1 Å². The third-order valence-corrected chi connectivity index (χ3v) is 4.35. The first-order valence-electron chi connectivity index (χ1n) is 6.56. The third kappa shape index (κ3) is 2.60. The van der Waals surface area contributed by atoms with Crippen LogP contribution in [0.2, 0.25) is 5.02 Å². The van der Waals surface area contributed by atoms with Crippen LogP contribution in [0.1, 0.15) is 17.4 Å². The van der Waals surface area contributed by atoms with Gasteiger partial charge in [-0.25, -0.2) is 14.8 Å². The van der Waals surface area contributed by atoms with E-state index in [2.05, 4.69) is 30.9 Å². The lowest BCUT2D eigenvalue weighted by molar-refractivity contribution is 0.0521. The molecule has 22 heavy (non-hydrogen) atoms. The number of aromatic nitrogens is 3. The van der Waals surface area contributed by atoms with E-state index in [1.165, 1.54) is 6.33 Å². The van der Waals surface area contributed by atoms with Crippen molar-refractivity contribution in [2.24, 2.45) is 0 Å². The zero-order valence-electron chi connectivity index (χ0n) is 11.6. The summed E-state index contributed by atoms with van der Waals surface area (Å²) in [6, 6.07) is 5.35. The van der Waals surface area contributed by atoms with Crippen molar-refractivity contribution in [1.29, 1.82) is 0 Å². The van der Waals surface area contributed by atoms with Gasteiger partial charge < -0.3 is 9.72 Å². The molecule has 0 saturated heterocycles. The maximum absolute atomic E-state index is 12.2. The van der Waals surface area contributed by atoms with Gasteiger partial charge in [0.25, 0.3) is 0 Å². The van der Waals surface area contributed by atoms with Crippen molar-refractivity contribution in [3.8, 4) is 11.3 Å². The fourth-order valence-electron chi connectivity index (χ4n) is 2.25. The molecule has 0 amide bonds. The SMILES string of the molecule is CCOC(=O)c1[nH]c2cc(Br)c(Cl)cc2c1-c1ccncn1. The smallest absolute Gasteiger partial charge is 0.355 e. The van der Waals surface area contributed by atoms with E-state index in [1.807, 2.05) is 6.07 Å². The fraction of sp³-hybridized carbons (Fsp3) is 0.133. The van der Waals surface area contributed by atoms with E-state index in [0.29, 0.717) is 28.6 Å². The minimum Gasteiger partial charge on any atom is -0.461 e. The Hall–Kier alpha value is -1.92. The predicted octanol–water partition coefficient (Wildman–Crippen LogP) is 4.22. The number of benzene rings is 1. The van der Waals surface area contributed by atoms with E-state index in [9.17, 15) is 4.79 Å². The van der Waals surface area contributed by atoms with Crippen LogP contribution in [-0.4, -0.2) is 27.5 Å². The Kier molecular flexibility index (Phi) is 4.13. The summed E-state index contributed by atoms with van der Waals surface area (Å²) >= 11 is 9.57. The lowest BCUT2D eigenvalue weighted by Crippen LogP contribution is -2.06. The second-order valence-electron chi connectivity index (χ2n) is 4.50. The normalized spacial score (nSPS) is 10.9. The number of H-pyrrole nitrogens is 1. The molecule has 0 aliphatic rings. The van der Waals surface area contributed by atoms with Crippen LogP contribution in [0.25, 0.3) is 22.2 Å². The van der Waals surface area contributed by atoms with Crippen LogP contribution in [0.3, 0.4) is 0 Å². The van der Waals surface area contributed by atoms with Crippen LogP contribution in [0.5, 0.6) is 0 Å². The summed E-state index contributed by atoms with van der Waals surface area (Å²) in [6.45, 7) is 2.06. The Morgan fingerprint density at radius 2 is 2.27 bits per heavy atom. The van der Waals surface area contributed by atoms with E-state index in [0.717, 1.165) is 15.4 Å². The molecule has 1 aromatic carbocycles. The monoisotopic (exact) mass is 379 g/mol. The number of nitrogens with one attached hydrogen (secondary N) is 1. The summed E-state index contributed by atoms with van der Waals surface area (Å²) in [5.41, 5.74) is 2.41. The van der Waals surface area contributed by atoms with Crippen molar-refractivity contribution in [3.63, 3.8) is 0 Å². The average molecular weight is 381 g/mol. The van der Waals surface area contributed by atoms with Crippen LogP contribution in [-0.2, 0) is 4.74 Å². The second-order valence-corrected chi connectivity index (χ2v) is 5.76. The molecule has 0 radical (unpaired) electrons. The molecule has 0 aliphatic heterocycles. The Labute approximate surface area is 139 Å². The first-order chi connectivity index (χ1) is 10.6. The molecule has 0 unspecified atom stereocenters. The minimum absolute atomic E-state index is 0.294. The van der Waals surface area contributed by atoms with Crippen LogP contribution >= 0.6 is 27.5 Å². The third-order valence-electron chi connectivity index (χ3n) is 3.16. The molecule has 0 aliphatic carbocycles. The minimum atomic E-state index is -0.431. The van der Waals surface area contributed by atoms with E-state index in [1.54, 1.807) is 25.3 Å². The molecular formula is C15H11BrClN3O2. The number of fused-ring (bicyclic) bond motifs is 1. The van der Waals surface area contributed by atoms with E-state index >= 15 is 0 Å². The summed E-state index contributed by atoms with van der Waals surface area (Å²) in [5.74, 6) is -0.431. The Balaban J connectivity index is 2.32. The average Bonchev–Trinajstić information content (AvgIpc) is 2.87. The highest BCUT2D eigenvalue weighted by Crippen LogP contribution is 2.36. The summed E-state index contributed by atoms with van der Waals surface area (Å²) < 4.78 is 5.86. The van der Waals surface area contributed by atoms with Gasteiger partial charge in [-0.15, -0.1) is 0 Å². The van der Waals surface area contributed by atoms with Crippen LogP contribution in [0.4, 0.5) is 0 Å². The van der Waals surface area contributed by atoms with Gasteiger partial charge in [0.15, 0.2) is 0 Å². The van der Waals surface area contributed by atoms with Gasteiger partial charge in [-0.1, -0.05) is 11.6 Å². The summed E-state index contributed by atoms with van der Waals surface area (Å²) in [5, 5.41) is 1.35. The Bertz CT molecular complexity index is 849. The Morgan fingerprint density at radius 3 is 2.95 bits per heavy atom. The van der Waals surface area contributed by atoms with Gasteiger partial charge in [0.05, 0.1) is 17.3 Å². The summed E-state index contributed by atoms with van der Waals surface area (Å²) in [6.07, 6.45) is 3.06. The van der Waals surface area contributed by atoms with Crippen molar-refractivity contribution >= 4 is 44.4 Å². The van der Waals surface area contributed by atoms with Gasteiger partial charge >= 0.3 is 5.97 Å². The number of carbonyl (C=O) groups is 1. The van der Waals surface area contributed by atoms with Gasteiger partial charge in [-0.2, -0.15) is 0 Å². The molecular weight excluding hydrogens is 370 g/mol. The zero-order valence-corrected chi connectivity index (χ0v) is 13.9. The number of ether oxygens (including phenoxy) is 1. The highest BCUT2D eigenvalue weighted by Gasteiger charge is 2.21. The topological polar surface area (TPSA) is 67.9 Å². The van der Waals surface area contributed by atoms with E-state index in [-0.39, 0.29) is 0 Å². The maximum Gasteiger partial charge on any atom is 0.355 e. The molecule has 0 saturated carbocycles. The lowest BCUT2D eigenvalue weighted by Gasteiger charge is -2.04. The maximum atomic E-state index is 12.2. The van der Waals surface area contributed by atoms with Gasteiger partial charge in [0.2, 0.25) is 0 Å². The molecule has 0 atom stereocenters. The van der Waals surface area contributed by atoms with Crippen molar-refractivity contribution in [2.75, 3.05) is 6.61 Å². The number of hydrogen-bond acceptors (Lipinski definition) is 4. The first-order valence-corrected chi connectivity index (χ1v) is 7.73. The van der Waals surface area contributed by atoms with Crippen molar-refractivity contribution < 1.29 is 9.53 Å². The molecule has 2 heterocycles. The molecule has 0 spiro atoms. The molecule has 2 aromatic heterocycles. The number of rotatable bonds is 3. The molecule has 112 valence electrons. The lowest BCUT2D eigenvalue weighted by atomic mass is 10.1. The summed E-state index contributed by atoms with van der Waals surface area (Å²) in [7, 11) is 0. The number of esters is 1. The van der Waals surface area contributed by atoms with Crippen LogP contribution < -0.4 is 0 Å². The molecule has 0 bridgehead atoms. The van der Waals surface area contributed by atoms with Gasteiger partial charge in [-0.3, -0.25) is 0 Å². The second kappa shape index (κ2) is 6.06. The summed E-state index contributed by atoms with van der Waals surface area (Å²) in [4.78, 5) is 23.5. The Morgan fingerprint density at radius 1 is 1.45 bits per heavy atom. The van der Waals surface area contributed by atoms with Crippen LogP contribution in [0.15, 0.2) is 35.2 Å². The highest BCUT2D eigenvalue weighted by atomic mass is 79.9. The largest absolute Gasteiger partial charge is 0.461 e. The van der Waals surface area contributed by atoms with Crippen molar-refractivity contribution in [3.05, 3.63) is 45.9 Å². The first kappa shape index (κ1) is 15.0. The van der Waals surface area contributed by atoms with Gasteiger partial charge in [0.1, 0.15) is 12.0 Å². The molecule has 7 heteroatoms. The van der Waals surface area contributed by atoms with E-state index in [4.69, 9.17) is 16.3 Å². The molecule has 1 N–H and O–H groups in total. The molecule has 3 aromatic rings. The van der Waals surface area contributed by atoms with Gasteiger partial charge in [0, 0.05) is 27.1 Å². The van der Waals surface area contributed by atoms with Crippen molar-refractivity contribution in [2.45, 2.75) is 6.92 Å². The van der Waals surface area contributed by atoms with E-state index < -0.39 is 5.97 Å². The number of aromatic amines is 1. The van der Waals surface area contributed by atoms with Crippen LogP contribution in [0, 0.1) is 0 Å². The molecule has 3 rings (SSSR count). The fourth-order valence-corrected chi connectivity index (χ4v) is 2.76. The number of nitrogens with zero attached hydrogens (tertiary/aromatic N) is 2. The number of halogens is 2. The predicted molar refractivity (Wildman–Crippen MR) is 88.0 cm³/mol.